The quantitative estimate of drug-likeness (QED) is 0.854. The van der Waals surface area contributed by atoms with Crippen molar-refractivity contribution in [2.24, 2.45) is 5.92 Å². The van der Waals surface area contributed by atoms with Crippen LogP contribution in [0.2, 0.25) is 0 Å². The number of benzene rings is 1. The summed E-state index contributed by atoms with van der Waals surface area (Å²) in [6.07, 6.45) is 6.58. The van der Waals surface area contributed by atoms with E-state index in [1.807, 2.05) is 30.3 Å². The molecule has 2 amide bonds. The van der Waals surface area contributed by atoms with Gasteiger partial charge in [0.05, 0.1) is 6.04 Å². The van der Waals surface area contributed by atoms with Gasteiger partial charge in [-0.15, -0.1) is 0 Å². The Morgan fingerprint density at radius 3 is 2.59 bits per heavy atom. The van der Waals surface area contributed by atoms with Crippen LogP contribution in [-0.4, -0.2) is 29.5 Å². The molecule has 0 unspecified atom stereocenters. The summed E-state index contributed by atoms with van der Waals surface area (Å²) in [6.45, 7) is 0.310. The van der Waals surface area contributed by atoms with Crippen molar-refractivity contribution in [1.82, 2.24) is 4.90 Å². The Balaban J connectivity index is 1.63. The average molecular weight is 301 g/mol. The van der Waals surface area contributed by atoms with Crippen LogP contribution in [0.1, 0.15) is 44.1 Å². The average Bonchev–Trinajstić information content (AvgIpc) is 2.90. The first-order chi connectivity index (χ1) is 10.7. The largest absolute Gasteiger partial charge is 0.447 e. The summed E-state index contributed by atoms with van der Waals surface area (Å²) in [5.41, 5.74) is 1.13. The summed E-state index contributed by atoms with van der Waals surface area (Å²) in [7, 11) is 0. The van der Waals surface area contributed by atoms with Crippen LogP contribution >= 0.6 is 0 Å². The SMILES string of the molecule is O=C(CC1CCCCC1)N1C(=O)OC[C@@H]1Cc1ccccc1. The van der Waals surface area contributed by atoms with Gasteiger partial charge in [0.1, 0.15) is 6.61 Å². The van der Waals surface area contributed by atoms with Gasteiger partial charge >= 0.3 is 6.09 Å². The first-order valence-corrected chi connectivity index (χ1v) is 8.27. The number of ether oxygens (including phenoxy) is 1. The number of hydrogen-bond acceptors (Lipinski definition) is 3. The van der Waals surface area contributed by atoms with Crippen LogP contribution in [0.3, 0.4) is 0 Å². The second-order valence-corrected chi connectivity index (χ2v) is 6.39. The lowest BCUT2D eigenvalue weighted by Crippen LogP contribution is -2.41. The van der Waals surface area contributed by atoms with Crippen LogP contribution in [0.4, 0.5) is 4.79 Å². The number of rotatable bonds is 4. The van der Waals surface area contributed by atoms with Gasteiger partial charge in [-0.2, -0.15) is 0 Å². The smallest absolute Gasteiger partial charge is 0.416 e. The molecular weight excluding hydrogens is 278 g/mol. The maximum atomic E-state index is 12.5. The summed E-state index contributed by atoms with van der Waals surface area (Å²) in [5, 5.41) is 0. The number of nitrogens with zero attached hydrogens (tertiary/aromatic N) is 1. The van der Waals surface area contributed by atoms with E-state index < -0.39 is 6.09 Å². The minimum atomic E-state index is -0.471. The monoisotopic (exact) mass is 301 g/mol. The Morgan fingerprint density at radius 2 is 1.86 bits per heavy atom. The first kappa shape index (κ1) is 15.1. The normalized spacial score (nSPS) is 22.6. The van der Waals surface area contributed by atoms with Crippen molar-refractivity contribution in [2.75, 3.05) is 6.61 Å². The number of hydrogen-bond donors (Lipinski definition) is 0. The van der Waals surface area contributed by atoms with Crippen LogP contribution in [0.5, 0.6) is 0 Å². The number of carbonyl (C=O) groups excluding carboxylic acids is 2. The van der Waals surface area contributed by atoms with E-state index >= 15 is 0 Å². The summed E-state index contributed by atoms with van der Waals surface area (Å²) in [6, 6.07) is 9.79. The molecular formula is C18H23NO3. The molecule has 0 spiro atoms. The molecule has 1 aromatic carbocycles. The van der Waals surface area contributed by atoms with E-state index in [4.69, 9.17) is 4.74 Å². The van der Waals surface area contributed by atoms with E-state index in [-0.39, 0.29) is 11.9 Å². The van der Waals surface area contributed by atoms with Gasteiger partial charge in [0, 0.05) is 6.42 Å². The molecule has 0 N–H and O–H groups in total. The Bertz CT molecular complexity index is 522. The maximum absolute atomic E-state index is 12.5. The highest BCUT2D eigenvalue weighted by Crippen LogP contribution is 2.28. The lowest BCUT2D eigenvalue weighted by atomic mass is 9.86. The fraction of sp³-hybridized carbons (Fsp3) is 0.556. The Morgan fingerprint density at radius 1 is 1.14 bits per heavy atom. The van der Waals surface area contributed by atoms with Crippen molar-refractivity contribution in [1.29, 1.82) is 0 Å². The number of carbonyl (C=O) groups is 2. The molecule has 0 bridgehead atoms. The molecule has 1 aliphatic carbocycles. The van der Waals surface area contributed by atoms with Crippen molar-refractivity contribution in [3.8, 4) is 0 Å². The van der Waals surface area contributed by atoms with E-state index in [1.165, 1.54) is 24.2 Å². The van der Waals surface area contributed by atoms with Crippen LogP contribution in [0.25, 0.3) is 0 Å². The molecule has 1 saturated carbocycles. The van der Waals surface area contributed by atoms with Crippen LogP contribution in [-0.2, 0) is 16.0 Å². The van der Waals surface area contributed by atoms with Crippen molar-refractivity contribution in [3.63, 3.8) is 0 Å². The molecule has 1 saturated heterocycles. The Labute approximate surface area is 131 Å². The van der Waals surface area contributed by atoms with Crippen LogP contribution in [0, 0.1) is 5.92 Å². The van der Waals surface area contributed by atoms with E-state index in [0.29, 0.717) is 25.4 Å². The molecule has 1 aromatic rings. The molecule has 1 heterocycles. The van der Waals surface area contributed by atoms with Gasteiger partial charge in [0.25, 0.3) is 0 Å². The summed E-state index contributed by atoms with van der Waals surface area (Å²) >= 11 is 0. The minimum Gasteiger partial charge on any atom is -0.447 e. The van der Waals surface area contributed by atoms with E-state index in [9.17, 15) is 9.59 Å². The maximum Gasteiger partial charge on any atom is 0.416 e. The fourth-order valence-electron chi connectivity index (χ4n) is 3.54. The highest BCUT2D eigenvalue weighted by Gasteiger charge is 2.38. The molecule has 22 heavy (non-hydrogen) atoms. The van der Waals surface area contributed by atoms with E-state index in [2.05, 4.69) is 0 Å². The van der Waals surface area contributed by atoms with Gasteiger partial charge in [-0.1, -0.05) is 49.6 Å². The molecule has 4 heteroatoms. The molecule has 2 fully saturated rings. The van der Waals surface area contributed by atoms with Gasteiger partial charge in [-0.25, -0.2) is 9.69 Å². The van der Waals surface area contributed by atoms with Gasteiger partial charge < -0.3 is 4.74 Å². The zero-order valence-electron chi connectivity index (χ0n) is 12.9. The van der Waals surface area contributed by atoms with Gasteiger partial charge in [0.15, 0.2) is 0 Å². The summed E-state index contributed by atoms with van der Waals surface area (Å²) in [5.74, 6) is 0.377. The first-order valence-electron chi connectivity index (χ1n) is 8.27. The topological polar surface area (TPSA) is 46.6 Å². The third-order valence-electron chi connectivity index (χ3n) is 4.73. The van der Waals surface area contributed by atoms with E-state index in [0.717, 1.165) is 18.4 Å². The number of imide groups is 1. The molecule has 1 atom stereocenters. The standard InChI is InChI=1S/C18H23NO3/c20-17(12-15-9-5-2-6-10-15)19-16(13-22-18(19)21)11-14-7-3-1-4-8-14/h1,3-4,7-8,15-16H,2,5-6,9-13H2/t16-/m0/s1. The molecule has 118 valence electrons. The van der Waals surface area contributed by atoms with E-state index in [1.54, 1.807) is 0 Å². The van der Waals surface area contributed by atoms with Gasteiger partial charge in [-0.05, 0) is 30.7 Å². The third-order valence-corrected chi connectivity index (χ3v) is 4.73. The highest BCUT2D eigenvalue weighted by molar-refractivity contribution is 5.93. The second-order valence-electron chi connectivity index (χ2n) is 6.39. The predicted octanol–water partition coefficient (Wildman–Crippen LogP) is 3.55. The summed E-state index contributed by atoms with van der Waals surface area (Å²) in [4.78, 5) is 25.9. The third kappa shape index (κ3) is 3.49. The summed E-state index contributed by atoms with van der Waals surface area (Å²) < 4.78 is 5.13. The van der Waals surface area contributed by atoms with Crippen molar-refractivity contribution in [3.05, 3.63) is 35.9 Å². The molecule has 0 radical (unpaired) electrons. The Hall–Kier alpha value is -1.84. The molecule has 2 aliphatic rings. The zero-order valence-corrected chi connectivity index (χ0v) is 12.9. The lowest BCUT2D eigenvalue weighted by Gasteiger charge is -2.25. The fourth-order valence-corrected chi connectivity index (χ4v) is 3.54. The van der Waals surface area contributed by atoms with Crippen molar-refractivity contribution < 1.29 is 14.3 Å². The lowest BCUT2D eigenvalue weighted by molar-refractivity contribution is -0.130. The molecule has 3 rings (SSSR count). The molecule has 1 aliphatic heterocycles. The minimum absolute atomic E-state index is 0.0599. The van der Waals surface area contributed by atoms with Gasteiger partial charge in [0.2, 0.25) is 5.91 Å². The molecule has 0 aromatic heterocycles. The zero-order chi connectivity index (χ0) is 15.4. The highest BCUT2D eigenvalue weighted by atomic mass is 16.6. The Kier molecular flexibility index (Phi) is 4.76. The number of cyclic esters (lactones) is 1. The molecule has 4 nitrogen and oxygen atoms in total. The second kappa shape index (κ2) is 6.95. The van der Waals surface area contributed by atoms with Crippen molar-refractivity contribution in [2.45, 2.75) is 51.0 Å². The van der Waals surface area contributed by atoms with Crippen LogP contribution in [0.15, 0.2) is 30.3 Å². The number of amides is 2. The van der Waals surface area contributed by atoms with Crippen molar-refractivity contribution >= 4 is 12.0 Å². The van der Waals surface area contributed by atoms with Crippen LogP contribution < -0.4 is 0 Å². The van der Waals surface area contributed by atoms with Gasteiger partial charge in [-0.3, -0.25) is 4.79 Å². The predicted molar refractivity (Wildman–Crippen MR) is 83.3 cm³/mol.